The van der Waals surface area contributed by atoms with Gasteiger partial charge < -0.3 is 21.7 Å². The van der Waals surface area contributed by atoms with E-state index >= 15 is 0 Å². The summed E-state index contributed by atoms with van der Waals surface area (Å²) in [6, 6.07) is 10.2. The number of hydrogen-bond donors (Lipinski definition) is 3. The van der Waals surface area contributed by atoms with E-state index < -0.39 is 0 Å². The van der Waals surface area contributed by atoms with Crippen molar-refractivity contribution in [1.82, 2.24) is 15.0 Å². The number of fused-ring (bicyclic) bond motifs is 1. The molecule has 0 unspecified atom stereocenters. The third kappa shape index (κ3) is 3.34. The number of halogens is 1. The molecule has 1 spiro atoms. The van der Waals surface area contributed by atoms with Crippen LogP contribution in [0.1, 0.15) is 24.4 Å². The van der Waals surface area contributed by atoms with Crippen LogP contribution in [0, 0.1) is 0 Å². The first kappa shape index (κ1) is 19.4. The SMILES string of the molecule is Nc1nccc(Sc2cnc(N3CCC4(CC3)Nc3ccccc3[C@H]4N)cn2)c1Cl. The van der Waals surface area contributed by atoms with Crippen molar-refractivity contribution in [3.05, 3.63) is 59.5 Å². The van der Waals surface area contributed by atoms with Gasteiger partial charge in [-0.3, -0.25) is 0 Å². The number of nitrogens with one attached hydrogen (secondary N) is 1. The lowest BCUT2D eigenvalue weighted by Crippen LogP contribution is -2.52. The smallest absolute Gasteiger partial charge is 0.147 e. The molecule has 4 heterocycles. The van der Waals surface area contributed by atoms with Crippen molar-refractivity contribution >= 4 is 40.7 Å². The Labute approximate surface area is 184 Å². The molecule has 5 N–H and O–H groups in total. The summed E-state index contributed by atoms with van der Waals surface area (Å²) >= 11 is 7.64. The maximum atomic E-state index is 6.62. The average Bonchev–Trinajstić information content (AvgIpc) is 3.04. The number of para-hydroxylation sites is 1. The quantitative estimate of drug-likeness (QED) is 0.566. The van der Waals surface area contributed by atoms with E-state index in [2.05, 4.69) is 49.4 Å². The Kier molecular flexibility index (Phi) is 4.92. The van der Waals surface area contributed by atoms with E-state index in [0.717, 1.165) is 47.4 Å². The van der Waals surface area contributed by atoms with Gasteiger partial charge in [0.25, 0.3) is 0 Å². The van der Waals surface area contributed by atoms with Crippen molar-refractivity contribution in [1.29, 1.82) is 0 Å². The second kappa shape index (κ2) is 7.61. The van der Waals surface area contributed by atoms with Crippen LogP contribution in [-0.2, 0) is 0 Å². The fraction of sp³-hybridized carbons (Fsp3) is 0.286. The second-order valence-electron chi connectivity index (χ2n) is 7.66. The lowest BCUT2D eigenvalue weighted by molar-refractivity contribution is 0.322. The Hall–Kier alpha value is -2.55. The summed E-state index contributed by atoms with van der Waals surface area (Å²) in [6.07, 6.45) is 7.12. The number of anilines is 3. The third-order valence-electron chi connectivity index (χ3n) is 5.96. The lowest BCUT2D eigenvalue weighted by atomic mass is 9.81. The molecule has 1 fully saturated rings. The van der Waals surface area contributed by atoms with Gasteiger partial charge in [0.1, 0.15) is 16.7 Å². The summed E-state index contributed by atoms with van der Waals surface area (Å²) in [5, 5.41) is 4.90. The first-order valence-electron chi connectivity index (χ1n) is 9.83. The summed E-state index contributed by atoms with van der Waals surface area (Å²) < 4.78 is 0. The van der Waals surface area contributed by atoms with E-state index in [4.69, 9.17) is 23.1 Å². The topological polar surface area (TPSA) is 106 Å². The van der Waals surface area contributed by atoms with E-state index in [0.29, 0.717) is 10.8 Å². The molecule has 9 heteroatoms. The number of hydrogen-bond acceptors (Lipinski definition) is 8. The van der Waals surface area contributed by atoms with Crippen molar-refractivity contribution in [3.8, 4) is 0 Å². The molecular formula is C21H22ClN7S. The van der Waals surface area contributed by atoms with Gasteiger partial charge in [0.05, 0.1) is 29.0 Å². The maximum Gasteiger partial charge on any atom is 0.147 e. The standard InChI is InChI=1S/C21H22ClN7S/c22-18-15(5-8-25-20(18)24)30-17-12-26-16(11-27-17)29-9-6-21(7-10-29)19(23)13-3-1-2-4-14(13)28-21/h1-5,8,11-12,19,28H,6-7,9-10,23H2,(H2,24,25)/t19-/m1/s1. The fourth-order valence-electron chi connectivity index (χ4n) is 4.25. The number of benzene rings is 1. The molecule has 1 aromatic carbocycles. The highest BCUT2D eigenvalue weighted by Crippen LogP contribution is 2.45. The molecule has 0 aliphatic carbocycles. The highest BCUT2D eigenvalue weighted by atomic mass is 35.5. The summed E-state index contributed by atoms with van der Waals surface area (Å²) in [5.74, 6) is 1.19. The van der Waals surface area contributed by atoms with E-state index in [1.807, 2.05) is 12.3 Å². The number of pyridine rings is 1. The van der Waals surface area contributed by atoms with Crippen LogP contribution in [0.25, 0.3) is 0 Å². The zero-order valence-electron chi connectivity index (χ0n) is 16.3. The fourth-order valence-corrected chi connectivity index (χ4v) is 5.24. The zero-order chi connectivity index (χ0) is 20.7. The normalized spacial score (nSPS) is 19.5. The van der Waals surface area contributed by atoms with Crippen molar-refractivity contribution in [2.75, 3.05) is 29.0 Å². The van der Waals surface area contributed by atoms with Crippen molar-refractivity contribution < 1.29 is 0 Å². The van der Waals surface area contributed by atoms with Crippen LogP contribution in [0.5, 0.6) is 0 Å². The van der Waals surface area contributed by atoms with Gasteiger partial charge in [0.2, 0.25) is 0 Å². The molecule has 0 radical (unpaired) electrons. The monoisotopic (exact) mass is 439 g/mol. The molecule has 3 aromatic rings. The Bertz CT molecular complexity index is 1070. The number of rotatable bonds is 3. The van der Waals surface area contributed by atoms with Gasteiger partial charge in [-0.15, -0.1) is 0 Å². The predicted octanol–water partition coefficient (Wildman–Crippen LogP) is 3.72. The highest BCUT2D eigenvalue weighted by Gasteiger charge is 2.45. The minimum absolute atomic E-state index is 0.0123. The van der Waals surface area contributed by atoms with Crippen molar-refractivity contribution in [3.63, 3.8) is 0 Å². The number of nitrogens with zero attached hydrogens (tertiary/aromatic N) is 4. The second-order valence-corrected chi connectivity index (χ2v) is 9.10. The Morgan fingerprint density at radius 3 is 2.63 bits per heavy atom. The van der Waals surface area contributed by atoms with Gasteiger partial charge in [-0.05, 0) is 30.5 Å². The van der Waals surface area contributed by atoms with Gasteiger partial charge in [0, 0.05) is 29.9 Å². The Balaban J connectivity index is 1.26. The summed E-state index contributed by atoms with van der Waals surface area (Å²) in [5.41, 5.74) is 14.7. The number of nitrogens with two attached hydrogens (primary N) is 2. The van der Waals surface area contributed by atoms with Gasteiger partial charge in [-0.2, -0.15) is 0 Å². The molecule has 0 amide bonds. The van der Waals surface area contributed by atoms with Gasteiger partial charge in [-0.1, -0.05) is 41.6 Å². The zero-order valence-corrected chi connectivity index (χ0v) is 17.8. The van der Waals surface area contributed by atoms with Crippen LogP contribution in [0.4, 0.5) is 17.3 Å². The van der Waals surface area contributed by atoms with Crippen LogP contribution in [0.2, 0.25) is 5.02 Å². The van der Waals surface area contributed by atoms with Crippen LogP contribution < -0.4 is 21.7 Å². The average molecular weight is 440 g/mol. The maximum absolute atomic E-state index is 6.62. The van der Waals surface area contributed by atoms with E-state index in [9.17, 15) is 0 Å². The first-order chi connectivity index (χ1) is 14.6. The minimum atomic E-state index is -0.0819. The summed E-state index contributed by atoms with van der Waals surface area (Å²) in [7, 11) is 0. The molecule has 1 saturated heterocycles. The Morgan fingerprint density at radius 2 is 1.90 bits per heavy atom. The molecule has 154 valence electrons. The molecule has 1 atom stereocenters. The number of aromatic nitrogens is 3. The van der Waals surface area contributed by atoms with E-state index in [-0.39, 0.29) is 11.6 Å². The van der Waals surface area contributed by atoms with E-state index in [1.54, 1.807) is 12.4 Å². The Morgan fingerprint density at radius 1 is 1.10 bits per heavy atom. The van der Waals surface area contributed by atoms with Gasteiger partial charge >= 0.3 is 0 Å². The van der Waals surface area contributed by atoms with Crippen molar-refractivity contribution in [2.45, 2.75) is 34.3 Å². The van der Waals surface area contributed by atoms with Crippen LogP contribution in [0.3, 0.4) is 0 Å². The molecule has 2 aromatic heterocycles. The predicted molar refractivity (Wildman–Crippen MR) is 121 cm³/mol. The molecule has 2 aliphatic heterocycles. The molecule has 7 nitrogen and oxygen atoms in total. The minimum Gasteiger partial charge on any atom is -0.382 e. The number of piperidine rings is 1. The largest absolute Gasteiger partial charge is 0.382 e. The molecule has 5 rings (SSSR count). The van der Waals surface area contributed by atoms with Crippen LogP contribution in [-0.4, -0.2) is 33.6 Å². The molecule has 0 saturated carbocycles. The molecule has 30 heavy (non-hydrogen) atoms. The van der Waals surface area contributed by atoms with Crippen LogP contribution in [0.15, 0.2) is 58.8 Å². The van der Waals surface area contributed by atoms with Crippen molar-refractivity contribution in [2.24, 2.45) is 5.73 Å². The summed E-state index contributed by atoms with van der Waals surface area (Å²) in [4.78, 5) is 16.2. The third-order valence-corrected chi connectivity index (χ3v) is 7.45. The first-order valence-corrected chi connectivity index (χ1v) is 11.0. The lowest BCUT2D eigenvalue weighted by Gasteiger charge is -2.42. The highest BCUT2D eigenvalue weighted by molar-refractivity contribution is 7.99. The summed E-state index contributed by atoms with van der Waals surface area (Å²) in [6.45, 7) is 1.76. The van der Waals surface area contributed by atoms with E-state index in [1.165, 1.54) is 17.3 Å². The molecule has 2 aliphatic rings. The molecular weight excluding hydrogens is 418 g/mol. The van der Waals surface area contributed by atoms with Gasteiger partial charge in [-0.25, -0.2) is 15.0 Å². The van der Waals surface area contributed by atoms with Gasteiger partial charge in [0.15, 0.2) is 0 Å². The van der Waals surface area contributed by atoms with Crippen LogP contribution >= 0.6 is 23.4 Å². The number of nitrogen functional groups attached to an aromatic ring is 1. The molecule has 0 bridgehead atoms.